The number of likely N-dealkylation sites (N-methyl/N-ethyl adjacent to an activating group) is 6. The van der Waals surface area contributed by atoms with Crippen LogP contribution in [0.2, 0.25) is 0 Å². The van der Waals surface area contributed by atoms with Crippen LogP contribution in [0.5, 0.6) is 0 Å². The van der Waals surface area contributed by atoms with Crippen molar-refractivity contribution >= 4 is 59.1 Å². The van der Waals surface area contributed by atoms with Crippen LogP contribution in [0.4, 0.5) is 0 Å². The molecule has 0 radical (unpaired) electrons. The zero-order valence-corrected chi connectivity index (χ0v) is 50.5. The Kier molecular flexibility index (Phi) is 27.6. The summed E-state index contributed by atoms with van der Waals surface area (Å²) in [7, 11) is 8.36. The van der Waals surface area contributed by atoms with Crippen molar-refractivity contribution in [2.75, 3.05) is 55.4 Å². The van der Waals surface area contributed by atoms with Gasteiger partial charge >= 0.3 is 0 Å². The van der Waals surface area contributed by atoms with E-state index in [-0.39, 0.29) is 38.2 Å². The van der Waals surface area contributed by atoms with Crippen LogP contribution < -0.4 is 21.3 Å². The minimum atomic E-state index is -1.60. The second kappa shape index (κ2) is 31.6. The highest BCUT2D eigenvalue weighted by molar-refractivity contribution is 5.98. The number of unbranched alkanes of at least 4 members (excludes halogenated alkanes) is 3. The number of carbonyl (C=O) groups excluding carboxylic acids is 10. The van der Waals surface area contributed by atoms with Crippen LogP contribution >= 0.6 is 0 Å². The third-order valence-electron chi connectivity index (χ3n) is 14.5. The molecule has 1 saturated heterocycles. The van der Waals surface area contributed by atoms with Crippen molar-refractivity contribution in [3.8, 4) is 0 Å². The van der Waals surface area contributed by atoms with Crippen LogP contribution in [0.15, 0.2) is 30.3 Å². The number of benzene rings is 1. The van der Waals surface area contributed by atoms with Crippen molar-refractivity contribution in [3.63, 3.8) is 0 Å². The molecule has 0 aliphatic carbocycles. The van der Waals surface area contributed by atoms with E-state index in [1.54, 1.807) is 65.8 Å². The fourth-order valence-corrected chi connectivity index (χ4v) is 9.21. The van der Waals surface area contributed by atoms with Gasteiger partial charge in [0, 0.05) is 61.2 Å². The quantitative estimate of drug-likeness (QED) is 0.178. The Morgan fingerprint density at radius 1 is 0.608 bits per heavy atom. The zero-order valence-electron chi connectivity index (χ0n) is 50.5. The Labute approximate surface area is 469 Å². The normalized spacial score (nSPS) is 26.1. The van der Waals surface area contributed by atoms with Crippen LogP contribution in [-0.4, -0.2) is 215 Å². The average molecular weight is 1110 g/mol. The molecule has 10 atom stereocenters. The lowest BCUT2D eigenvalue weighted by Gasteiger charge is -2.36. The minimum Gasteiger partial charge on any atom is -0.391 e. The molecule has 2 rings (SSSR count). The maximum absolute atomic E-state index is 14.8. The number of hydrogen-bond donors (Lipinski definition) is 5. The van der Waals surface area contributed by atoms with Crippen LogP contribution in [0.1, 0.15) is 134 Å². The van der Waals surface area contributed by atoms with Crippen molar-refractivity contribution in [1.82, 2.24) is 50.7 Å². The van der Waals surface area contributed by atoms with Gasteiger partial charge in [0.05, 0.1) is 24.9 Å². The summed E-state index contributed by atoms with van der Waals surface area (Å²) in [5.74, 6) is -7.41. The fourth-order valence-electron chi connectivity index (χ4n) is 9.21. The van der Waals surface area contributed by atoms with Gasteiger partial charge in [-0.3, -0.25) is 47.9 Å². The van der Waals surface area contributed by atoms with E-state index in [0.717, 1.165) is 29.1 Å². The van der Waals surface area contributed by atoms with Gasteiger partial charge in [0.1, 0.15) is 48.3 Å². The summed E-state index contributed by atoms with van der Waals surface area (Å²) in [6, 6.07) is -1.79. The van der Waals surface area contributed by atoms with Crippen LogP contribution in [-0.2, 0) is 59.1 Å². The number of nitrogens with one attached hydrogen (secondary N) is 4. The maximum atomic E-state index is 14.8. The molecule has 1 aromatic carbocycles. The monoisotopic (exact) mass is 1110 g/mol. The first kappa shape index (κ1) is 68.9. The third kappa shape index (κ3) is 20.8. The third-order valence-corrected chi connectivity index (χ3v) is 14.5. The Balaban J connectivity index is 2.83. The van der Waals surface area contributed by atoms with Gasteiger partial charge in [0.15, 0.2) is 0 Å². The van der Waals surface area contributed by atoms with Crippen LogP contribution in [0.25, 0.3) is 0 Å². The maximum Gasteiger partial charge on any atom is 0.248 e. The van der Waals surface area contributed by atoms with Crippen LogP contribution in [0.3, 0.4) is 0 Å². The Morgan fingerprint density at radius 3 is 1.70 bits per heavy atom. The predicted octanol–water partition coefficient (Wildman–Crippen LogP) is 2.09. The Morgan fingerprint density at radius 2 is 1.15 bits per heavy atom. The highest BCUT2D eigenvalue weighted by Crippen LogP contribution is 2.20. The van der Waals surface area contributed by atoms with Crippen LogP contribution in [0, 0.1) is 11.8 Å². The molecule has 10 amide bonds. The topological polar surface area (TPSA) is 268 Å². The zero-order chi connectivity index (χ0) is 60.4. The summed E-state index contributed by atoms with van der Waals surface area (Å²) < 4.78 is 5.97. The van der Waals surface area contributed by atoms with E-state index in [1.807, 2.05) is 26.8 Å². The Hall–Kier alpha value is -6.16. The fraction of sp³-hybridized carbons (Fsp3) is 0.719. The highest BCUT2D eigenvalue weighted by atomic mass is 16.5. The SMILES string of the molecule is CCCCCC[C@@H]1NC(=O)[C@H](Cc2ccccc2)N(C)C(=O)[C@H](C)N(C)C(=O)C[C@H](C)NC(=O)[C@H](C(C)C)N(C)C(=O)[C@H](COC(C)(C)C)NC(=O)[C@H](C)N(C)C(=O)CN(C)C(=O)[C@H]([C@@H](C)O)NC(=O)[C@H](CC(C)C)N(C)C1=O. The largest absolute Gasteiger partial charge is 0.391 e. The molecule has 22 heteroatoms. The number of amides is 10. The highest BCUT2D eigenvalue weighted by Gasteiger charge is 2.41. The molecule has 79 heavy (non-hydrogen) atoms. The number of aliphatic hydroxyl groups is 1. The molecule has 0 spiro atoms. The summed E-state index contributed by atoms with van der Waals surface area (Å²) in [6.07, 6.45) is 1.59. The first-order valence-corrected chi connectivity index (χ1v) is 27.8. The molecule has 446 valence electrons. The second-order valence-corrected chi connectivity index (χ2v) is 23.2. The number of nitrogens with zero attached hydrogens (tertiary/aromatic N) is 6. The van der Waals surface area contributed by atoms with E-state index < -0.39 is 138 Å². The van der Waals surface area contributed by atoms with Gasteiger partial charge in [-0.2, -0.15) is 0 Å². The lowest BCUT2D eigenvalue weighted by Crippen LogP contribution is -2.61. The smallest absolute Gasteiger partial charge is 0.248 e. The van der Waals surface area contributed by atoms with E-state index in [2.05, 4.69) is 21.3 Å². The standard InChI is InChI=1S/C57H96N10O12/c1-19-20-21-25-28-41-54(76)66(17)43(29-34(2)3)51(73)61-47(39(9)68)56(78)62(13)32-46(70)63(14)37(7)49(71)60-42(33-79-57(10,11)12)55(77)67(18)48(35(4)5)52(74)58-36(6)30-45(69)64(15)38(8)53(75)65(16)44(50(72)59-41)31-40-26-23-22-24-27-40/h22-24,26-27,34-39,41-44,47-48,68H,19-21,25,28-33H2,1-18H3,(H,58,74)(H,59,72)(H,60,71)(H,61,73)/t36-,37-,38-,39+,41-,42-,43-,44-,47-,48-/m0/s1. The van der Waals surface area contributed by atoms with Gasteiger partial charge in [-0.15, -0.1) is 0 Å². The van der Waals surface area contributed by atoms with Gasteiger partial charge in [0.2, 0.25) is 59.1 Å². The first-order chi connectivity index (χ1) is 36.7. The number of hydrogen-bond acceptors (Lipinski definition) is 12. The Bertz CT molecular complexity index is 2240. The minimum absolute atomic E-state index is 0.0299. The van der Waals surface area contributed by atoms with Crippen molar-refractivity contribution in [3.05, 3.63) is 35.9 Å². The predicted molar refractivity (Wildman–Crippen MR) is 300 cm³/mol. The first-order valence-electron chi connectivity index (χ1n) is 27.8. The molecule has 0 saturated carbocycles. The van der Waals surface area contributed by atoms with E-state index in [1.165, 1.54) is 82.7 Å². The molecule has 0 bridgehead atoms. The van der Waals surface area contributed by atoms with E-state index in [9.17, 15) is 53.1 Å². The summed E-state index contributed by atoms with van der Waals surface area (Å²) in [5.41, 5.74) is -0.0629. The number of aliphatic hydroxyl groups excluding tert-OH is 1. The van der Waals surface area contributed by atoms with Crippen molar-refractivity contribution < 1.29 is 57.8 Å². The van der Waals surface area contributed by atoms with Crippen molar-refractivity contribution in [1.29, 1.82) is 0 Å². The molecule has 1 fully saturated rings. The lowest BCUT2D eigenvalue weighted by molar-refractivity contribution is -0.148. The second-order valence-electron chi connectivity index (χ2n) is 23.2. The molecule has 0 aromatic heterocycles. The summed E-state index contributed by atoms with van der Waals surface area (Å²) in [4.78, 5) is 150. The number of carbonyl (C=O) groups is 10. The van der Waals surface area contributed by atoms with Crippen molar-refractivity contribution in [2.24, 2.45) is 11.8 Å². The summed E-state index contributed by atoms with van der Waals surface area (Å²) in [6.45, 7) is 19.4. The molecule has 1 heterocycles. The molecule has 0 unspecified atom stereocenters. The molecule has 1 aliphatic heterocycles. The van der Waals surface area contributed by atoms with Gasteiger partial charge in [-0.1, -0.05) is 90.6 Å². The molecule has 1 aromatic rings. The molecular formula is C57H96N10O12. The summed E-state index contributed by atoms with van der Waals surface area (Å²) in [5, 5.41) is 22.1. The van der Waals surface area contributed by atoms with Gasteiger partial charge in [-0.05, 0) is 78.7 Å². The molecular weight excluding hydrogens is 1020 g/mol. The molecule has 1 aliphatic rings. The molecule has 5 N–H and O–H groups in total. The average Bonchev–Trinajstić information content (AvgIpc) is 3.38. The number of rotatable bonds is 13. The summed E-state index contributed by atoms with van der Waals surface area (Å²) >= 11 is 0. The van der Waals surface area contributed by atoms with Gasteiger partial charge < -0.3 is 60.5 Å². The van der Waals surface area contributed by atoms with E-state index in [4.69, 9.17) is 4.74 Å². The molecule has 22 nitrogen and oxygen atoms in total. The van der Waals surface area contributed by atoms with Gasteiger partial charge in [0.25, 0.3) is 0 Å². The van der Waals surface area contributed by atoms with E-state index >= 15 is 0 Å². The lowest BCUT2D eigenvalue weighted by atomic mass is 9.98. The van der Waals surface area contributed by atoms with Gasteiger partial charge in [-0.25, -0.2) is 0 Å². The van der Waals surface area contributed by atoms with E-state index in [0.29, 0.717) is 12.0 Å². The van der Waals surface area contributed by atoms with Crippen molar-refractivity contribution in [2.45, 2.75) is 201 Å². The number of ether oxygens (including phenoxy) is 1.